The molecule has 0 amide bonds. The molecule has 0 bridgehead atoms. The van der Waals surface area contributed by atoms with Crippen LogP contribution in [0.4, 0.5) is 0 Å². The molecule has 222 valence electrons. The molecular weight excluding hydrogens is 498 g/mol. The van der Waals surface area contributed by atoms with Gasteiger partial charge in [-0.2, -0.15) is 0 Å². The molecular formula is C39H55NO. The Kier molecular flexibility index (Phi) is 16.7. The van der Waals surface area contributed by atoms with Gasteiger partial charge in [-0.1, -0.05) is 132 Å². The second kappa shape index (κ2) is 20.0. The first-order valence-corrected chi connectivity index (χ1v) is 16.1. The molecule has 2 heteroatoms. The Morgan fingerprint density at radius 2 is 1.24 bits per heavy atom. The summed E-state index contributed by atoms with van der Waals surface area (Å²) in [5.41, 5.74) is 13.2. The molecule has 2 saturated carbocycles. The van der Waals surface area contributed by atoms with Crippen LogP contribution < -0.4 is 5.73 Å². The van der Waals surface area contributed by atoms with Crippen LogP contribution >= 0.6 is 0 Å². The molecule has 3 aromatic carbocycles. The predicted molar refractivity (Wildman–Crippen MR) is 180 cm³/mol. The van der Waals surface area contributed by atoms with E-state index in [1.165, 1.54) is 92.0 Å². The van der Waals surface area contributed by atoms with Crippen molar-refractivity contribution in [1.29, 1.82) is 0 Å². The van der Waals surface area contributed by atoms with Gasteiger partial charge >= 0.3 is 0 Å². The Morgan fingerprint density at radius 1 is 0.732 bits per heavy atom. The molecule has 5 rings (SSSR count). The minimum absolute atomic E-state index is 0.432. The number of benzene rings is 3. The van der Waals surface area contributed by atoms with Crippen molar-refractivity contribution in [3.05, 3.63) is 113 Å². The number of carbonyl (C=O) groups is 1. The second-order valence-electron chi connectivity index (χ2n) is 11.3. The average molecular weight is 554 g/mol. The van der Waals surface area contributed by atoms with Gasteiger partial charge in [0.1, 0.15) is 6.79 Å². The van der Waals surface area contributed by atoms with E-state index in [0.717, 1.165) is 18.3 Å². The van der Waals surface area contributed by atoms with E-state index in [1.54, 1.807) is 0 Å². The van der Waals surface area contributed by atoms with Gasteiger partial charge in [-0.15, -0.1) is 0 Å². The lowest BCUT2D eigenvalue weighted by Crippen LogP contribution is -2.25. The zero-order valence-electron chi connectivity index (χ0n) is 26.1. The van der Waals surface area contributed by atoms with Gasteiger partial charge in [-0.05, 0) is 96.9 Å². The Morgan fingerprint density at radius 3 is 1.76 bits per heavy atom. The summed E-state index contributed by atoms with van der Waals surface area (Å²) in [6.07, 6.45) is 16.1. The maximum Gasteiger partial charge on any atom is 0.106 e. The first kappa shape index (κ1) is 34.2. The first-order valence-electron chi connectivity index (χ1n) is 16.1. The van der Waals surface area contributed by atoms with Crippen LogP contribution in [0.5, 0.6) is 0 Å². The van der Waals surface area contributed by atoms with Crippen LogP contribution in [0.15, 0.2) is 85.4 Å². The normalized spacial score (nSPS) is 19.1. The zero-order chi connectivity index (χ0) is 29.9. The smallest absolute Gasteiger partial charge is 0.106 e. The monoisotopic (exact) mass is 553 g/mol. The molecule has 2 aliphatic carbocycles. The lowest BCUT2D eigenvalue weighted by Gasteiger charge is -2.26. The third-order valence-corrected chi connectivity index (χ3v) is 8.72. The van der Waals surface area contributed by atoms with Crippen LogP contribution in [0.2, 0.25) is 0 Å². The Hall–Kier alpha value is -2.97. The molecule has 3 aromatic rings. The minimum atomic E-state index is 0.432. The number of hydrogen-bond acceptors (Lipinski definition) is 2. The van der Waals surface area contributed by atoms with Crippen LogP contribution in [0.25, 0.3) is 6.08 Å². The first-order chi connectivity index (χ1) is 20.2. The highest BCUT2D eigenvalue weighted by atomic mass is 16.1. The standard InChI is InChI=1S/C22H29N.C14H18.C2H6.CH2O/c1-2-18(19-6-4-3-5-7-19)16-17-8-10-20(11-9-17)21-12-14-22(23)15-13-21;1-2-12-8-10-14(11-9-12)13-6-4-3-5-7-13;2*1-2/h3-11,18,21-22H,2,12-16,23H2,1H3;2,8-11,13H,1,3-7H2;1-2H3;1H2. The molecule has 0 saturated heterocycles. The molecule has 0 aliphatic heterocycles. The van der Waals surface area contributed by atoms with Gasteiger partial charge in [0.15, 0.2) is 0 Å². The van der Waals surface area contributed by atoms with Crippen molar-refractivity contribution >= 4 is 12.9 Å². The van der Waals surface area contributed by atoms with E-state index < -0.39 is 0 Å². The number of rotatable bonds is 7. The molecule has 1 atom stereocenters. The summed E-state index contributed by atoms with van der Waals surface area (Å²) in [5, 5.41) is 0. The second-order valence-corrected chi connectivity index (χ2v) is 11.3. The SMILES string of the molecule is C=Cc1ccc(C2CCCCC2)cc1.C=O.CC.CCC(Cc1ccc(C2CCC(N)CC2)cc1)c1ccccc1. The van der Waals surface area contributed by atoms with E-state index in [4.69, 9.17) is 10.5 Å². The molecule has 2 fully saturated rings. The van der Waals surface area contributed by atoms with Crippen molar-refractivity contribution in [2.45, 2.75) is 115 Å². The highest BCUT2D eigenvalue weighted by molar-refractivity contribution is 5.47. The lowest BCUT2D eigenvalue weighted by atomic mass is 9.81. The fraction of sp³-hybridized carbons (Fsp3) is 0.462. The summed E-state index contributed by atoms with van der Waals surface area (Å²) in [6, 6.07) is 29.6. The van der Waals surface area contributed by atoms with E-state index in [0.29, 0.717) is 12.0 Å². The predicted octanol–water partition coefficient (Wildman–Crippen LogP) is 10.6. The van der Waals surface area contributed by atoms with Crippen molar-refractivity contribution in [3.8, 4) is 0 Å². The highest BCUT2D eigenvalue weighted by Crippen LogP contribution is 2.34. The van der Waals surface area contributed by atoms with E-state index in [1.807, 2.05) is 26.7 Å². The van der Waals surface area contributed by atoms with Gasteiger partial charge in [0.25, 0.3) is 0 Å². The zero-order valence-corrected chi connectivity index (χ0v) is 26.1. The summed E-state index contributed by atoms with van der Waals surface area (Å²) in [5.74, 6) is 2.16. The van der Waals surface area contributed by atoms with Crippen LogP contribution in [-0.2, 0) is 11.2 Å². The van der Waals surface area contributed by atoms with Crippen molar-refractivity contribution < 1.29 is 4.79 Å². The van der Waals surface area contributed by atoms with E-state index in [-0.39, 0.29) is 0 Å². The molecule has 1 unspecified atom stereocenters. The van der Waals surface area contributed by atoms with Gasteiger partial charge in [-0.25, -0.2) is 0 Å². The van der Waals surface area contributed by atoms with Crippen LogP contribution in [0.3, 0.4) is 0 Å². The fourth-order valence-electron chi connectivity index (χ4n) is 6.23. The Labute approximate surface area is 251 Å². The summed E-state index contributed by atoms with van der Waals surface area (Å²) >= 11 is 0. The molecule has 2 aliphatic rings. The number of hydrogen-bond donors (Lipinski definition) is 1. The molecule has 41 heavy (non-hydrogen) atoms. The summed E-state index contributed by atoms with van der Waals surface area (Å²) in [7, 11) is 0. The lowest BCUT2D eigenvalue weighted by molar-refractivity contribution is -0.0980. The third kappa shape index (κ3) is 11.4. The fourth-order valence-corrected chi connectivity index (χ4v) is 6.23. The molecule has 0 aromatic heterocycles. The molecule has 0 radical (unpaired) electrons. The number of nitrogens with two attached hydrogens (primary N) is 1. The van der Waals surface area contributed by atoms with Crippen molar-refractivity contribution in [1.82, 2.24) is 0 Å². The van der Waals surface area contributed by atoms with Gasteiger partial charge < -0.3 is 10.5 Å². The minimum Gasteiger partial charge on any atom is -0.328 e. The van der Waals surface area contributed by atoms with E-state index in [9.17, 15) is 0 Å². The quantitative estimate of drug-likeness (QED) is 0.316. The van der Waals surface area contributed by atoms with Crippen molar-refractivity contribution in [2.24, 2.45) is 5.73 Å². The van der Waals surface area contributed by atoms with Crippen LogP contribution in [0.1, 0.15) is 131 Å². The van der Waals surface area contributed by atoms with Crippen LogP contribution in [-0.4, -0.2) is 12.8 Å². The highest BCUT2D eigenvalue weighted by Gasteiger charge is 2.20. The van der Waals surface area contributed by atoms with Crippen molar-refractivity contribution in [2.75, 3.05) is 0 Å². The maximum absolute atomic E-state index is 8.00. The van der Waals surface area contributed by atoms with Gasteiger partial charge in [0.05, 0.1) is 0 Å². The van der Waals surface area contributed by atoms with Crippen LogP contribution in [0, 0.1) is 0 Å². The maximum atomic E-state index is 8.00. The molecule has 0 spiro atoms. The Balaban J connectivity index is 0.000000279. The third-order valence-electron chi connectivity index (χ3n) is 8.72. The summed E-state index contributed by atoms with van der Waals surface area (Å²) in [6.45, 7) is 12.1. The Bertz CT molecular complexity index is 1060. The van der Waals surface area contributed by atoms with E-state index in [2.05, 4.69) is 92.4 Å². The number of carbonyl (C=O) groups excluding carboxylic acids is 1. The average Bonchev–Trinajstić information content (AvgIpc) is 3.07. The van der Waals surface area contributed by atoms with Gasteiger partial charge in [0.2, 0.25) is 0 Å². The molecule has 2 N–H and O–H groups in total. The van der Waals surface area contributed by atoms with Crippen molar-refractivity contribution in [3.63, 3.8) is 0 Å². The molecule has 0 heterocycles. The summed E-state index contributed by atoms with van der Waals surface area (Å²) < 4.78 is 0. The van der Waals surface area contributed by atoms with Gasteiger partial charge in [-0.3, -0.25) is 0 Å². The largest absolute Gasteiger partial charge is 0.328 e. The molecule has 2 nitrogen and oxygen atoms in total. The van der Waals surface area contributed by atoms with E-state index >= 15 is 0 Å². The van der Waals surface area contributed by atoms with Gasteiger partial charge in [0, 0.05) is 6.04 Å². The topological polar surface area (TPSA) is 43.1 Å². The summed E-state index contributed by atoms with van der Waals surface area (Å²) in [4.78, 5) is 8.00.